The van der Waals surface area contributed by atoms with Crippen LogP contribution in [0.25, 0.3) is 0 Å². The molecule has 3 atom stereocenters. The average molecular weight is 587 g/mol. The molecule has 0 aliphatic carbocycles. The molecule has 1 unspecified atom stereocenters. The van der Waals surface area contributed by atoms with E-state index in [1.807, 2.05) is 60.7 Å². The van der Waals surface area contributed by atoms with Crippen molar-refractivity contribution in [2.75, 3.05) is 0 Å². The molecule has 4 rings (SSSR count). The van der Waals surface area contributed by atoms with Crippen molar-refractivity contribution in [1.29, 1.82) is 0 Å². The van der Waals surface area contributed by atoms with Crippen LogP contribution in [0.4, 0.5) is 8.78 Å². The minimum absolute atomic E-state index is 0.135. The lowest BCUT2D eigenvalue weighted by molar-refractivity contribution is -0.0892. The lowest BCUT2D eigenvalue weighted by Gasteiger charge is -2.35. The van der Waals surface area contributed by atoms with E-state index in [9.17, 15) is 18.7 Å². The SMILES string of the molecule is C=C(C)C(O)(c1ccc(F)c(C)c1)[C@H](C)OCc1ccccc1.Cc1cc(C(=O)[C@H](C)OCc2ccccc2)ccc1F. The fourth-order valence-corrected chi connectivity index (χ4v) is 4.53. The van der Waals surface area contributed by atoms with Crippen LogP contribution in [-0.4, -0.2) is 23.1 Å². The monoisotopic (exact) mass is 586 g/mol. The molecular weight excluding hydrogens is 546 g/mol. The zero-order chi connectivity index (χ0) is 31.6. The molecule has 0 aliphatic heterocycles. The summed E-state index contributed by atoms with van der Waals surface area (Å²) >= 11 is 0. The van der Waals surface area contributed by atoms with Gasteiger partial charge in [0.25, 0.3) is 0 Å². The van der Waals surface area contributed by atoms with Crippen LogP contribution in [0.1, 0.15) is 58.9 Å². The van der Waals surface area contributed by atoms with Gasteiger partial charge in [0.05, 0.1) is 19.3 Å². The standard InChI is InChI=1S/C20H23FO2.C17H17FO2/c1-14(2)20(22,18-10-11-19(21)15(3)12-18)16(4)23-13-17-8-6-5-7-9-17;1-12-10-15(8-9-16(12)18)17(19)13(2)20-11-14-6-4-3-5-7-14/h5-12,16,22H,1,13H2,2-4H3;3-10,13H,11H2,1-2H3/t16-,20?;13-/m00/s1. The van der Waals surface area contributed by atoms with E-state index in [4.69, 9.17) is 9.47 Å². The van der Waals surface area contributed by atoms with Crippen molar-refractivity contribution in [1.82, 2.24) is 0 Å². The highest BCUT2D eigenvalue weighted by atomic mass is 19.1. The van der Waals surface area contributed by atoms with Crippen LogP contribution in [0.2, 0.25) is 0 Å². The largest absolute Gasteiger partial charge is 0.378 e. The Balaban J connectivity index is 0.000000238. The third-order valence-electron chi connectivity index (χ3n) is 7.33. The molecule has 6 heteroatoms. The van der Waals surface area contributed by atoms with Crippen molar-refractivity contribution in [2.24, 2.45) is 0 Å². The number of carbonyl (C=O) groups excluding carboxylic acids is 1. The van der Waals surface area contributed by atoms with Crippen LogP contribution in [-0.2, 0) is 28.3 Å². The maximum absolute atomic E-state index is 13.5. The van der Waals surface area contributed by atoms with Gasteiger partial charge in [0.15, 0.2) is 5.78 Å². The lowest BCUT2D eigenvalue weighted by atomic mass is 9.82. The van der Waals surface area contributed by atoms with Crippen LogP contribution in [0.3, 0.4) is 0 Å². The molecule has 0 amide bonds. The van der Waals surface area contributed by atoms with Crippen molar-refractivity contribution < 1.29 is 28.2 Å². The molecule has 4 nitrogen and oxygen atoms in total. The molecule has 226 valence electrons. The number of aryl methyl sites for hydroxylation is 2. The van der Waals surface area contributed by atoms with Gasteiger partial charge in [0, 0.05) is 5.56 Å². The maximum Gasteiger partial charge on any atom is 0.191 e. The van der Waals surface area contributed by atoms with Gasteiger partial charge >= 0.3 is 0 Å². The Morgan fingerprint density at radius 2 is 1.28 bits per heavy atom. The molecule has 4 aromatic rings. The molecule has 0 spiro atoms. The van der Waals surface area contributed by atoms with Gasteiger partial charge in [-0.15, -0.1) is 0 Å². The number of ketones is 1. The van der Waals surface area contributed by atoms with Gasteiger partial charge in [-0.05, 0) is 98.3 Å². The van der Waals surface area contributed by atoms with Gasteiger partial charge in [-0.2, -0.15) is 0 Å². The van der Waals surface area contributed by atoms with Gasteiger partial charge in [-0.3, -0.25) is 4.79 Å². The van der Waals surface area contributed by atoms with Crippen LogP contribution in [0.15, 0.2) is 109 Å². The summed E-state index contributed by atoms with van der Waals surface area (Å²) in [6, 6.07) is 28.4. The number of halogens is 2. The van der Waals surface area contributed by atoms with Gasteiger partial charge in [-0.1, -0.05) is 73.3 Å². The van der Waals surface area contributed by atoms with E-state index in [-0.39, 0.29) is 17.4 Å². The number of aliphatic hydroxyl groups is 1. The Morgan fingerprint density at radius 1 is 0.791 bits per heavy atom. The number of carbonyl (C=O) groups is 1. The zero-order valence-electron chi connectivity index (χ0n) is 25.4. The lowest BCUT2D eigenvalue weighted by Crippen LogP contribution is -2.40. The first kappa shape index (κ1) is 33.5. The maximum atomic E-state index is 13.5. The topological polar surface area (TPSA) is 55.8 Å². The number of rotatable bonds is 11. The van der Waals surface area contributed by atoms with Crippen LogP contribution in [0, 0.1) is 25.5 Å². The van der Waals surface area contributed by atoms with Crippen molar-refractivity contribution in [3.8, 4) is 0 Å². The molecule has 0 aliphatic rings. The molecule has 0 bridgehead atoms. The molecule has 43 heavy (non-hydrogen) atoms. The molecule has 1 N–H and O–H groups in total. The highest BCUT2D eigenvalue weighted by Gasteiger charge is 2.38. The summed E-state index contributed by atoms with van der Waals surface area (Å²) in [5.41, 5.74) is 3.25. The van der Waals surface area contributed by atoms with Crippen molar-refractivity contribution in [2.45, 2.75) is 65.6 Å². The van der Waals surface area contributed by atoms with Crippen molar-refractivity contribution in [3.63, 3.8) is 0 Å². The summed E-state index contributed by atoms with van der Waals surface area (Å²) in [7, 11) is 0. The summed E-state index contributed by atoms with van der Waals surface area (Å²) in [5, 5.41) is 11.2. The molecule has 0 saturated heterocycles. The Morgan fingerprint density at radius 3 is 1.77 bits per heavy atom. The Kier molecular flexibility index (Phi) is 12.1. The fraction of sp³-hybridized carbons (Fsp3) is 0.270. The summed E-state index contributed by atoms with van der Waals surface area (Å²) < 4.78 is 38.2. The van der Waals surface area contributed by atoms with Crippen LogP contribution in [0.5, 0.6) is 0 Å². The normalized spacial score (nSPS) is 13.7. The summed E-state index contributed by atoms with van der Waals surface area (Å²) in [6.07, 6.45) is -1.08. The number of benzene rings is 4. The van der Waals surface area contributed by atoms with Gasteiger partial charge in [0.2, 0.25) is 0 Å². The van der Waals surface area contributed by atoms with Gasteiger partial charge in [0.1, 0.15) is 23.3 Å². The van der Waals surface area contributed by atoms with E-state index in [0.29, 0.717) is 41.0 Å². The third-order valence-corrected chi connectivity index (χ3v) is 7.33. The Bertz CT molecular complexity index is 1500. The average Bonchev–Trinajstić information content (AvgIpc) is 3.01. The van der Waals surface area contributed by atoms with Gasteiger partial charge < -0.3 is 14.6 Å². The molecule has 0 heterocycles. The first-order valence-electron chi connectivity index (χ1n) is 14.2. The first-order chi connectivity index (χ1) is 20.4. The number of hydrogen-bond donors (Lipinski definition) is 1. The predicted molar refractivity (Wildman–Crippen MR) is 167 cm³/mol. The Labute approximate surface area is 253 Å². The minimum Gasteiger partial charge on any atom is -0.378 e. The van der Waals surface area contributed by atoms with Crippen LogP contribution >= 0.6 is 0 Å². The number of hydrogen-bond acceptors (Lipinski definition) is 4. The first-order valence-corrected chi connectivity index (χ1v) is 14.2. The summed E-state index contributed by atoms with van der Waals surface area (Å²) in [5.74, 6) is -0.737. The molecule has 0 fully saturated rings. The molecule has 0 saturated carbocycles. The van der Waals surface area contributed by atoms with E-state index in [2.05, 4.69) is 6.58 Å². The summed E-state index contributed by atoms with van der Waals surface area (Å²) in [4.78, 5) is 12.2. The number of Topliss-reactive ketones (excluding diaryl/α,β-unsaturated/α-hetero) is 1. The molecule has 0 aromatic heterocycles. The van der Waals surface area contributed by atoms with Crippen LogP contribution < -0.4 is 0 Å². The second-order valence-electron chi connectivity index (χ2n) is 10.7. The van der Waals surface area contributed by atoms with E-state index in [1.165, 1.54) is 18.2 Å². The fourth-order valence-electron chi connectivity index (χ4n) is 4.53. The molecule has 4 aromatic carbocycles. The highest BCUT2D eigenvalue weighted by Crippen LogP contribution is 2.35. The zero-order valence-corrected chi connectivity index (χ0v) is 25.4. The van der Waals surface area contributed by atoms with E-state index in [1.54, 1.807) is 52.8 Å². The summed E-state index contributed by atoms with van der Waals surface area (Å²) in [6.45, 7) is 13.3. The van der Waals surface area contributed by atoms with E-state index < -0.39 is 17.8 Å². The van der Waals surface area contributed by atoms with Gasteiger partial charge in [-0.25, -0.2) is 8.78 Å². The molecular formula is C37H40F2O4. The number of ether oxygens (including phenoxy) is 2. The van der Waals surface area contributed by atoms with Crippen molar-refractivity contribution >= 4 is 5.78 Å². The minimum atomic E-state index is -1.37. The Hall–Kier alpha value is -3.97. The second kappa shape index (κ2) is 15.5. The molecule has 0 radical (unpaired) electrons. The van der Waals surface area contributed by atoms with E-state index >= 15 is 0 Å². The smallest absolute Gasteiger partial charge is 0.191 e. The van der Waals surface area contributed by atoms with E-state index in [0.717, 1.165) is 11.1 Å². The second-order valence-corrected chi connectivity index (χ2v) is 10.7. The third kappa shape index (κ3) is 9.01. The quantitative estimate of drug-likeness (QED) is 0.142. The highest BCUT2D eigenvalue weighted by molar-refractivity contribution is 5.99. The van der Waals surface area contributed by atoms with Crippen molar-refractivity contribution in [3.05, 3.63) is 154 Å². The predicted octanol–water partition coefficient (Wildman–Crippen LogP) is 8.43.